The van der Waals surface area contributed by atoms with E-state index >= 15 is 0 Å². The van der Waals surface area contributed by atoms with Crippen molar-refractivity contribution in [3.05, 3.63) is 42.1 Å². The molecule has 1 aromatic heterocycles. The second kappa shape index (κ2) is 4.43. The Kier molecular flexibility index (Phi) is 2.79. The molecule has 1 aliphatic carbocycles. The molecule has 3 rings (SSSR count). The van der Waals surface area contributed by atoms with Gasteiger partial charge in [-0.1, -0.05) is 18.2 Å². The second-order valence-electron chi connectivity index (χ2n) is 4.66. The quantitative estimate of drug-likeness (QED) is 0.841. The lowest BCUT2D eigenvalue weighted by molar-refractivity contribution is 0.174. The van der Waals surface area contributed by atoms with Gasteiger partial charge in [0.25, 0.3) is 0 Å². The van der Waals surface area contributed by atoms with Crippen molar-refractivity contribution in [1.82, 2.24) is 10.3 Å². The highest BCUT2D eigenvalue weighted by atomic mass is 16.3. The van der Waals surface area contributed by atoms with E-state index in [0.717, 1.165) is 16.5 Å². The lowest BCUT2D eigenvalue weighted by atomic mass is 10.1. The molecule has 0 amide bonds. The van der Waals surface area contributed by atoms with Crippen LogP contribution in [0, 0.1) is 0 Å². The third kappa shape index (κ3) is 2.46. The van der Waals surface area contributed by atoms with Crippen molar-refractivity contribution in [3.63, 3.8) is 0 Å². The SMILES string of the molecule is OC(CNC1CC1)c1cnc2ccccc2c1. The van der Waals surface area contributed by atoms with Crippen molar-refractivity contribution >= 4 is 10.9 Å². The fraction of sp³-hybridized carbons (Fsp3) is 0.357. The monoisotopic (exact) mass is 228 g/mol. The number of aliphatic hydroxyl groups is 1. The Balaban J connectivity index is 1.78. The number of nitrogens with zero attached hydrogens (tertiary/aromatic N) is 1. The Labute approximate surface area is 100 Å². The Morgan fingerprint density at radius 2 is 2.18 bits per heavy atom. The van der Waals surface area contributed by atoms with Crippen molar-refractivity contribution in [1.29, 1.82) is 0 Å². The summed E-state index contributed by atoms with van der Waals surface area (Å²) in [7, 11) is 0. The van der Waals surface area contributed by atoms with Crippen molar-refractivity contribution < 1.29 is 5.11 Å². The van der Waals surface area contributed by atoms with Crippen LogP contribution in [-0.4, -0.2) is 22.7 Å². The zero-order valence-electron chi connectivity index (χ0n) is 9.63. The number of para-hydroxylation sites is 1. The van der Waals surface area contributed by atoms with Crippen LogP contribution in [0.4, 0.5) is 0 Å². The van der Waals surface area contributed by atoms with Crippen LogP contribution in [-0.2, 0) is 0 Å². The largest absolute Gasteiger partial charge is 0.387 e. The second-order valence-corrected chi connectivity index (χ2v) is 4.66. The number of hydrogen-bond acceptors (Lipinski definition) is 3. The van der Waals surface area contributed by atoms with Crippen LogP contribution in [0.2, 0.25) is 0 Å². The molecule has 2 N–H and O–H groups in total. The summed E-state index contributed by atoms with van der Waals surface area (Å²) >= 11 is 0. The standard InChI is InChI=1S/C14H16N2O/c17-14(9-15-12-5-6-12)11-7-10-3-1-2-4-13(10)16-8-11/h1-4,7-8,12,14-15,17H,5-6,9H2. The number of nitrogens with one attached hydrogen (secondary N) is 1. The van der Waals surface area contributed by atoms with E-state index in [1.54, 1.807) is 6.20 Å². The summed E-state index contributed by atoms with van der Waals surface area (Å²) in [5.74, 6) is 0. The first-order chi connectivity index (χ1) is 8.33. The van der Waals surface area contributed by atoms with Gasteiger partial charge in [0.2, 0.25) is 0 Å². The van der Waals surface area contributed by atoms with Crippen molar-refractivity contribution in [2.45, 2.75) is 25.0 Å². The number of benzene rings is 1. The maximum absolute atomic E-state index is 10.1. The van der Waals surface area contributed by atoms with E-state index in [1.807, 2.05) is 30.3 Å². The number of pyridine rings is 1. The van der Waals surface area contributed by atoms with E-state index in [0.29, 0.717) is 12.6 Å². The molecule has 1 heterocycles. The van der Waals surface area contributed by atoms with Gasteiger partial charge in [-0.25, -0.2) is 0 Å². The Bertz CT molecular complexity index is 522. The van der Waals surface area contributed by atoms with Gasteiger partial charge < -0.3 is 10.4 Å². The molecule has 1 fully saturated rings. The summed E-state index contributed by atoms with van der Waals surface area (Å²) in [6.07, 6.45) is 3.78. The third-order valence-corrected chi connectivity index (χ3v) is 3.17. The van der Waals surface area contributed by atoms with E-state index in [1.165, 1.54) is 12.8 Å². The van der Waals surface area contributed by atoms with Crippen LogP contribution >= 0.6 is 0 Å². The Morgan fingerprint density at radius 3 is 3.00 bits per heavy atom. The van der Waals surface area contributed by atoms with Crippen molar-refractivity contribution in [2.24, 2.45) is 0 Å². The van der Waals surface area contributed by atoms with E-state index in [2.05, 4.69) is 10.3 Å². The summed E-state index contributed by atoms with van der Waals surface area (Å²) in [5.41, 5.74) is 1.86. The summed E-state index contributed by atoms with van der Waals surface area (Å²) in [6, 6.07) is 10.6. The van der Waals surface area contributed by atoms with Gasteiger partial charge in [-0.2, -0.15) is 0 Å². The van der Waals surface area contributed by atoms with Gasteiger partial charge in [-0.3, -0.25) is 4.98 Å². The molecular weight excluding hydrogens is 212 g/mol. The van der Waals surface area contributed by atoms with E-state index < -0.39 is 6.10 Å². The van der Waals surface area contributed by atoms with Gasteiger partial charge in [-0.15, -0.1) is 0 Å². The fourth-order valence-electron chi connectivity index (χ4n) is 1.95. The van der Waals surface area contributed by atoms with Crippen molar-refractivity contribution in [2.75, 3.05) is 6.54 Å². The van der Waals surface area contributed by atoms with Crippen LogP contribution in [0.3, 0.4) is 0 Å². The molecule has 1 atom stereocenters. The first kappa shape index (κ1) is 10.7. The van der Waals surface area contributed by atoms with Crippen LogP contribution < -0.4 is 5.32 Å². The van der Waals surface area contributed by atoms with Crippen LogP contribution in [0.15, 0.2) is 36.5 Å². The number of aromatic nitrogens is 1. The molecule has 88 valence electrons. The molecule has 1 saturated carbocycles. The molecule has 3 nitrogen and oxygen atoms in total. The minimum Gasteiger partial charge on any atom is -0.387 e. The van der Waals surface area contributed by atoms with Gasteiger partial charge in [-0.05, 0) is 25.0 Å². The smallest absolute Gasteiger partial charge is 0.0929 e. The molecule has 3 heteroatoms. The summed E-state index contributed by atoms with van der Waals surface area (Å²) < 4.78 is 0. The summed E-state index contributed by atoms with van der Waals surface area (Å²) in [4.78, 5) is 4.36. The molecule has 17 heavy (non-hydrogen) atoms. The topological polar surface area (TPSA) is 45.1 Å². The highest BCUT2D eigenvalue weighted by Crippen LogP contribution is 2.21. The van der Waals surface area contributed by atoms with Gasteiger partial charge >= 0.3 is 0 Å². The molecule has 1 aromatic carbocycles. The molecule has 0 spiro atoms. The molecule has 0 bridgehead atoms. The predicted octanol–water partition coefficient (Wildman–Crippen LogP) is 2.02. The van der Waals surface area contributed by atoms with Gasteiger partial charge in [0.05, 0.1) is 11.6 Å². The fourth-order valence-corrected chi connectivity index (χ4v) is 1.95. The molecule has 2 aromatic rings. The van der Waals surface area contributed by atoms with Crippen LogP contribution in [0.5, 0.6) is 0 Å². The van der Waals surface area contributed by atoms with Gasteiger partial charge in [0.15, 0.2) is 0 Å². The van der Waals surface area contributed by atoms with Gasteiger partial charge in [0.1, 0.15) is 0 Å². The third-order valence-electron chi connectivity index (χ3n) is 3.17. The number of hydrogen-bond donors (Lipinski definition) is 2. The molecule has 0 aliphatic heterocycles. The Morgan fingerprint density at radius 1 is 1.35 bits per heavy atom. The first-order valence-electron chi connectivity index (χ1n) is 6.09. The van der Waals surface area contributed by atoms with Crippen LogP contribution in [0.25, 0.3) is 10.9 Å². The van der Waals surface area contributed by atoms with Gasteiger partial charge in [0, 0.05) is 29.7 Å². The molecular formula is C14H16N2O. The first-order valence-corrected chi connectivity index (χ1v) is 6.09. The average molecular weight is 228 g/mol. The number of fused-ring (bicyclic) bond motifs is 1. The molecule has 1 unspecified atom stereocenters. The summed E-state index contributed by atoms with van der Waals surface area (Å²) in [5, 5.41) is 14.5. The Hall–Kier alpha value is -1.45. The molecule has 1 aliphatic rings. The van der Waals surface area contributed by atoms with Crippen molar-refractivity contribution in [3.8, 4) is 0 Å². The maximum atomic E-state index is 10.1. The lowest BCUT2D eigenvalue weighted by Crippen LogP contribution is -2.23. The predicted molar refractivity (Wildman–Crippen MR) is 67.7 cm³/mol. The van der Waals surface area contributed by atoms with E-state index in [9.17, 15) is 5.11 Å². The van der Waals surface area contributed by atoms with E-state index in [4.69, 9.17) is 0 Å². The maximum Gasteiger partial charge on any atom is 0.0929 e. The zero-order valence-corrected chi connectivity index (χ0v) is 9.63. The normalized spacial score (nSPS) is 17.2. The minimum atomic E-state index is -0.465. The summed E-state index contributed by atoms with van der Waals surface area (Å²) in [6.45, 7) is 0.616. The number of rotatable bonds is 4. The van der Waals surface area contributed by atoms with E-state index in [-0.39, 0.29) is 0 Å². The lowest BCUT2D eigenvalue weighted by Gasteiger charge is -2.12. The minimum absolute atomic E-state index is 0.465. The number of aliphatic hydroxyl groups excluding tert-OH is 1. The average Bonchev–Trinajstić information content (AvgIpc) is 3.19. The molecule has 0 radical (unpaired) electrons. The molecule has 0 saturated heterocycles. The zero-order chi connectivity index (χ0) is 11.7. The van der Waals surface area contributed by atoms with Crippen LogP contribution in [0.1, 0.15) is 24.5 Å². The highest BCUT2D eigenvalue weighted by molar-refractivity contribution is 5.78. The highest BCUT2D eigenvalue weighted by Gasteiger charge is 2.21.